The van der Waals surface area contributed by atoms with Gasteiger partial charge in [0, 0.05) is 10.3 Å². The fourth-order valence-electron chi connectivity index (χ4n) is 1.73. The molecule has 0 heterocycles. The average Bonchev–Trinajstić information content (AvgIpc) is 2.00. The van der Waals surface area contributed by atoms with Crippen molar-refractivity contribution >= 4 is 7.37 Å². The smallest absolute Gasteiger partial charge is 0.213 e. The normalized spacial score (nSPS) is 14.3. The summed E-state index contributed by atoms with van der Waals surface area (Å²) in [6.07, 6.45) is 2.06. The zero-order chi connectivity index (χ0) is 12.3. The summed E-state index contributed by atoms with van der Waals surface area (Å²) in [6, 6.07) is 0. The van der Waals surface area contributed by atoms with Gasteiger partial charge in [-0.3, -0.25) is 4.57 Å². The molecule has 0 aliphatic heterocycles. The van der Waals surface area contributed by atoms with Crippen LogP contribution in [0, 0.1) is 0 Å². The third kappa shape index (κ3) is 3.60. The van der Waals surface area contributed by atoms with Crippen LogP contribution in [-0.4, -0.2) is 16.9 Å². The molecule has 0 fully saturated rings. The summed E-state index contributed by atoms with van der Waals surface area (Å²) in [5.41, 5.74) is 0. The highest BCUT2D eigenvalue weighted by Gasteiger charge is 2.47. The summed E-state index contributed by atoms with van der Waals surface area (Å²) in [7, 11) is -2.62. The SMILES string of the molecule is CCCCOP(=O)(C(C)(C)C)C(C)(C)C. The van der Waals surface area contributed by atoms with E-state index in [-0.39, 0.29) is 10.3 Å². The lowest BCUT2D eigenvalue weighted by molar-refractivity contribution is 0.277. The van der Waals surface area contributed by atoms with E-state index >= 15 is 0 Å². The topological polar surface area (TPSA) is 26.3 Å². The Labute approximate surface area is 95.2 Å². The van der Waals surface area contributed by atoms with Gasteiger partial charge in [0.05, 0.1) is 6.61 Å². The Balaban J connectivity index is 4.83. The first-order valence-corrected chi connectivity index (χ1v) is 7.43. The molecular weight excluding hydrogens is 207 g/mol. The molecule has 0 saturated heterocycles. The molecule has 92 valence electrons. The van der Waals surface area contributed by atoms with Crippen LogP contribution >= 0.6 is 7.37 Å². The lowest BCUT2D eigenvalue weighted by Crippen LogP contribution is -2.30. The van der Waals surface area contributed by atoms with E-state index in [1.807, 2.05) is 41.5 Å². The molecule has 0 bridgehead atoms. The Kier molecular flexibility index (Phi) is 5.08. The molecule has 0 aliphatic rings. The minimum absolute atomic E-state index is 0.279. The summed E-state index contributed by atoms with van der Waals surface area (Å²) in [4.78, 5) is 0. The zero-order valence-corrected chi connectivity index (χ0v) is 12.3. The second-order valence-corrected chi connectivity index (χ2v) is 10.1. The maximum Gasteiger partial charge on any atom is 0.213 e. The van der Waals surface area contributed by atoms with Crippen molar-refractivity contribution in [2.24, 2.45) is 0 Å². The molecule has 15 heavy (non-hydrogen) atoms. The van der Waals surface area contributed by atoms with Crippen LogP contribution in [0.5, 0.6) is 0 Å². The van der Waals surface area contributed by atoms with Crippen molar-refractivity contribution in [3.8, 4) is 0 Å². The summed E-state index contributed by atoms with van der Waals surface area (Å²) < 4.78 is 18.7. The first-order chi connectivity index (χ1) is 6.56. The average molecular weight is 234 g/mol. The molecule has 0 rings (SSSR count). The zero-order valence-electron chi connectivity index (χ0n) is 11.4. The van der Waals surface area contributed by atoms with Crippen LogP contribution in [0.1, 0.15) is 61.3 Å². The van der Waals surface area contributed by atoms with E-state index in [1.54, 1.807) is 0 Å². The van der Waals surface area contributed by atoms with Crippen molar-refractivity contribution < 1.29 is 9.09 Å². The Morgan fingerprint density at radius 2 is 1.40 bits per heavy atom. The van der Waals surface area contributed by atoms with E-state index in [0.29, 0.717) is 6.61 Å². The van der Waals surface area contributed by atoms with Crippen molar-refractivity contribution in [3.63, 3.8) is 0 Å². The minimum Gasteiger partial charge on any atom is -0.328 e. The summed E-state index contributed by atoms with van der Waals surface area (Å²) >= 11 is 0. The van der Waals surface area contributed by atoms with Crippen molar-refractivity contribution in [2.75, 3.05) is 6.61 Å². The first kappa shape index (κ1) is 15.2. The van der Waals surface area contributed by atoms with E-state index in [9.17, 15) is 4.57 Å². The number of unbranched alkanes of at least 4 members (excludes halogenated alkanes) is 1. The highest BCUT2D eigenvalue weighted by Crippen LogP contribution is 2.67. The van der Waals surface area contributed by atoms with Gasteiger partial charge in [-0.1, -0.05) is 54.9 Å². The fourth-order valence-corrected chi connectivity index (χ4v) is 4.90. The van der Waals surface area contributed by atoms with Gasteiger partial charge in [-0.05, 0) is 6.42 Å². The van der Waals surface area contributed by atoms with Crippen LogP contribution in [0.2, 0.25) is 0 Å². The van der Waals surface area contributed by atoms with Crippen molar-refractivity contribution in [2.45, 2.75) is 71.6 Å². The highest BCUT2D eigenvalue weighted by atomic mass is 31.2. The Morgan fingerprint density at radius 3 is 1.67 bits per heavy atom. The molecule has 0 atom stereocenters. The van der Waals surface area contributed by atoms with Gasteiger partial charge in [0.1, 0.15) is 0 Å². The number of hydrogen-bond donors (Lipinski definition) is 0. The van der Waals surface area contributed by atoms with Crippen molar-refractivity contribution in [1.82, 2.24) is 0 Å². The van der Waals surface area contributed by atoms with Gasteiger partial charge in [-0.2, -0.15) is 0 Å². The lowest BCUT2D eigenvalue weighted by atomic mass is 10.2. The molecular formula is C12H27O2P. The Hall–Kier alpha value is 0.190. The van der Waals surface area contributed by atoms with Crippen molar-refractivity contribution in [1.29, 1.82) is 0 Å². The van der Waals surface area contributed by atoms with E-state index in [1.165, 1.54) is 0 Å². The number of hydrogen-bond acceptors (Lipinski definition) is 2. The molecule has 0 aromatic rings. The molecule has 0 spiro atoms. The molecule has 0 aromatic heterocycles. The van der Waals surface area contributed by atoms with Gasteiger partial charge in [0.2, 0.25) is 7.37 Å². The fraction of sp³-hybridized carbons (Fsp3) is 1.00. The largest absolute Gasteiger partial charge is 0.328 e. The van der Waals surface area contributed by atoms with Crippen molar-refractivity contribution in [3.05, 3.63) is 0 Å². The molecule has 0 aliphatic carbocycles. The third-order valence-corrected chi connectivity index (χ3v) is 6.62. The first-order valence-electron chi connectivity index (χ1n) is 5.81. The highest BCUT2D eigenvalue weighted by molar-refractivity contribution is 7.62. The summed E-state index contributed by atoms with van der Waals surface area (Å²) in [6.45, 7) is 14.8. The van der Waals surface area contributed by atoms with E-state index in [2.05, 4.69) is 6.92 Å². The monoisotopic (exact) mass is 234 g/mol. The standard InChI is InChI=1S/C12H27O2P/c1-8-9-10-14-15(13,11(2,3)4)12(5,6)7/h8-10H2,1-7H3. The van der Waals surface area contributed by atoms with Gasteiger partial charge in [-0.15, -0.1) is 0 Å². The maximum atomic E-state index is 12.9. The lowest BCUT2D eigenvalue weighted by Gasteiger charge is -2.40. The second-order valence-electron chi connectivity index (χ2n) is 6.08. The van der Waals surface area contributed by atoms with E-state index in [0.717, 1.165) is 12.8 Å². The maximum absolute atomic E-state index is 12.9. The van der Waals surface area contributed by atoms with Crippen LogP contribution < -0.4 is 0 Å². The second kappa shape index (κ2) is 5.01. The van der Waals surface area contributed by atoms with Gasteiger partial charge in [-0.25, -0.2) is 0 Å². The molecule has 0 N–H and O–H groups in total. The van der Waals surface area contributed by atoms with Crippen LogP contribution in [-0.2, 0) is 9.09 Å². The molecule has 0 unspecified atom stereocenters. The van der Waals surface area contributed by atoms with Gasteiger partial charge >= 0.3 is 0 Å². The molecule has 0 aromatic carbocycles. The molecule has 0 radical (unpaired) electrons. The van der Waals surface area contributed by atoms with Crippen LogP contribution in [0.3, 0.4) is 0 Å². The van der Waals surface area contributed by atoms with Gasteiger partial charge in [0.25, 0.3) is 0 Å². The van der Waals surface area contributed by atoms with Crippen LogP contribution in [0.15, 0.2) is 0 Å². The van der Waals surface area contributed by atoms with Crippen LogP contribution in [0.4, 0.5) is 0 Å². The molecule has 0 amide bonds. The molecule has 3 heteroatoms. The summed E-state index contributed by atoms with van der Waals surface area (Å²) in [5, 5.41) is -0.558. The van der Waals surface area contributed by atoms with E-state index < -0.39 is 7.37 Å². The Bertz CT molecular complexity index is 215. The minimum atomic E-state index is -2.62. The van der Waals surface area contributed by atoms with Crippen LogP contribution in [0.25, 0.3) is 0 Å². The summed E-state index contributed by atoms with van der Waals surface area (Å²) in [5.74, 6) is 0. The van der Waals surface area contributed by atoms with E-state index in [4.69, 9.17) is 4.52 Å². The quantitative estimate of drug-likeness (QED) is 0.521. The van der Waals surface area contributed by atoms with Gasteiger partial charge < -0.3 is 4.52 Å². The van der Waals surface area contributed by atoms with Gasteiger partial charge in [0.15, 0.2) is 0 Å². The predicted octanol–water partition coefficient (Wildman–Crippen LogP) is 4.68. The predicted molar refractivity (Wildman–Crippen MR) is 68.0 cm³/mol. The Morgan fingerprint density at radius 1 is 1.00 bits per heavy atom. The third-order valence-electron chi connectivity index (χ3n) is 2.54. The molecule has 2 nitrogen and oxygen atoms in total. The molecule has 0 saturated carbocycles. The number of rotatable bonds is 4.